The van der Waals surface area contributed by atoms with E-state index < -0.39 is 5.41 Å². The average molecular weight is 644 g/mol. The Kier molecular flexibility index (Phi) is 6.50. The fourth-order valence-electron chi connectivity index (χ4n) is 8.26. The minimum absolute atomic E-state index is 0.224. The van der Waals surface area contributed by atoms with Gasteiger partial charge < -0.3 is 15.4 Å². The number of hydrogen-bond acceptors (Lipinski definition) is 4. The van der Waals surface area contributed by atoms with E-state index in [4.69, 9.17) is 9.73 Å². The Bertz CT molecular complexity index is 2410. The molecule has 50 heavy (non-hydrogen) atoms. The number of fused-ring (bicyclic) bond motifs is 9. The molecule has 6 aromatic carbocycles. The van der Waals surface area contributed by atoms with Gasteiger partial charge in [0.25, 0.3) is 0 Å². The van der Waals surface area contributed by atoms with Crippen LogP contribution in [0.5, 0.6) is 11.5 Å². The number of nitrogens with one attached hydrogen (secondary N) is 2. The molecule has 0 aromatic heterocycles. The van der Waals surface area contributed by atoms with Gasteiger partial charge in [0, 0.05) is 28.9 Å². The fraction of sp³-hybridized carbons (Fsp3) is 0.0652. The average Bonchev–Trinajstić information content (AvgIpc) is 3.49. The Morgan fingerprint density at radius 2 is 1.22 bits per heavy atom. The number of para-hydroxylation sites is 1. The van der Waals surface area contributed by atoms with Gasteiger partial charge in [0.2, 0.25) is 0 Å². The van der Waals surface area contributed by atoms with Crippen LogP contribution in [0.3, 0.4) is 0 Å². The van der Waals surface area contributed by atoms with Crippen molar-refractivity contribution in [3.8, 4) is 33.8 Å². The van der Waals surface area contributed by atoms with Gasteiger partial charge in [0.15, 0.2) is 0 Å². The highest BCUT2D eigenvalue weighted by molar-refractivity contribution is 6.13. The van der Waals surface area contributed by atoms with E-state index in [1.807, 2.05) is 6.07 Å². The van der Waals surface area contributed by atoms with Crippen LogP contribution in [-0.2, 0) is 5.41 Å². The number of dihydropyridines is 1. The summed E-state index contributed by atoms with van der Waals surface area (Å²) >= 11 is 0. The van der Waals surface area contributed by atoms with Crippen LogP contribution in [0.25, 0.3) is 28.0 Å². The molecule has 3 aliphatic heterocycles. The van der Waals surface area contributed by atoms with Gasteiger partial charge in [-0.3, -0.25) is 4.99 Å². The Balaban J connectivity index is 1.13. The van der Waals surface area contributed by atoms with Crippen molar-refractivity contribution in [2.24, 2.45) is 4.99 Å². The molecular formula is C46H33N3O. The molecule has 1 spiro atoms. The van der Waals surface area contributed by atoms with E-state index in [0.717, 1.165) is 63.0 Å². The van der Waals surface area contributed by atoms with Crippen LogP contribution in [0, 0.1) is 0 Å². The van der Waals surface area contributed by atoms with Crippen LogP contribution in [0.2, 0.25) is 0 Å². The summed E-state index contributed by atoms with van der Waals surface area (Å²) in [7, 11) is 0. The molecular weight excluding hydrogens is 611 g/mol. The number of rotatable bonds is 4. The molecule has 0 saturated carbocycles. The number of ether oxygens (including phenoxy) is 1. The summed E-state index contributed by atoms with van der Waals surface area (Å²) in [5, 5.41) is 7.29. The van der Waals surface area contributed by atoms with E-state index in [2.05, 4.69) is 174 Å². The molecule has 1 aliphatic carbocycles. The summed E-state index contributed by atoms with van der Waals surface area (Å²) in [6.07, 6.45) is 8.25. The van der Waals surface area contributed by atoms with Gasteiger partial charge in [-0.05, 0) is 63.2 Å². The van der Waals surface area contributed by atoms with E-state index in [-0.39, 0.29) is 6.17 Å². The van der Waals surface area contributed by atoms with Crippen molar-refractivity contribution in [2.45, 2.75) is 11.6 Å². The first-order valence-corrected chi connectivity index (χ1v) is 17.2. The molecule has 0 amide bonds. The lowest BCUT2D eigenvalue weighted by Gasteiger charge is -2.39. The topological polar surface area (TPSA) is 45.7 Å². The van der Waals surface area contributed by atoms with Crippen molar-refractivity contribution in [2.75, 3.05) is 6.54 Å². The second-order valence-electron chi connectivity index (χ2n) is 13.1. The fourth-order valence-corrected chi connectivity index (χ4v) is 8.26. The predicted molar refractivity (Wildman–Crippen MR) is 202 cm³/mol. The molecule has 0 bridgehead atoms. The molecule has 1 atom stereocenters. The van der Waals surface area contributed by atoms with Crippen molar-refractivity contribution in [3.05, 3.63) is 209 Å². The van der Waals surface area contributed by atoms with E-state index in [1.54, 1.807) is 0 Å². The standard InChI is InChI=1S/C46H33N3O/c1-2-14-30(15-3-1)45-48-41(29-42(49-45)40-23-12-13-27-47-40)35-19-5-4-16-32(35)31-25-26-39-44(28-31)50-43-24-11-10-22-38(43)46(39)36-20-8-6-17-33(36)34-18-7-9-21-37(34)46/h1-26,28-29,45,47-48H,27H2. The highest BCUT2D eigenvalue weighted by Gasteiger charge is 2.50. The summed E-state index contributed by atoms with van der Waals surface area (Å²) in [4.78, 5) is 5.15. The maximum atomic E-state index is 6.84. The van der Waals surface area contributed by atoms with Crippen molar-refractivity contribution in [1.29, 1.82) is 0 Å². The van der Waals surface area contributed by atoms with Crippen LogP contribution < -0.4 is 15.4 Å². The number of nitrogens with zero attached hydrogens (tertiary/aromatic N) is 1. The molecule has 4 heteroatoms. The quantitative estimate of drug-likeness (QED) is 0.201. The number of allylic oxidation sites excluding steroid dienone is 3. The third kappa shape index (κ3) is 4.28. The maximum Gasteiger partial charge on any atom is 0.145 e. The molecule has 2 N–H and O–H groups in total. The van der Waals surface area contributed by atoms with Crippen molar-refractivity contribution in [1.82, 2.24) is 10.6 Å². The zero-order valence-electron chi connectivity index (χ0n) is 27.3. The number of aliphatic imine (C=N–C) groups is 1. The van der Waals surface area contributed by atoms with Gasteiger partial charge in [-0.15, -0.1) is 0 Å². The normalized spacial score (nSPS) is 17.4. The SMILES string of the molecule is C1=CCNC(C2=NC(c3ccccc3)NC(c3ccccc3-c3ccc4c(c3)Oc3ccccc3C43c4ccccc4-c4ccccc43)=C2)=C1. The molecule has 3 heterocycles. The summed E-state index contributed by atoms with van der Waals surface area (Å²) in [5.74, 6) is 1.77. The zero-order valence-corrected chi connectivity index (χ0v) is 27.3. The van der Waals surface area contributed by atoms with Crippen molar-refractivity contribution in [3.63, 3.8) is 0 Å². The van der Waals surface area contributed by atoms with E-state index in [9.17, 15) is 0 Å². The number of benzene rings is 6. The highest BCUT2D eigenvalue weighted by atomic mass is 16.5. The van der Waals surface area contributed by atoms with Crippen LogP contribution in [0.4, 0.5) is 0 Å². The predicted octanol–water partition coefficient (Wildman–Crippen LogP) is 9.95. The molecule has 4 aliphatic rings. The van der Waals surface area contributed by atoms with Crippen LogP contribution >= 0.6 is 0 Å². The van der Waals surface area contributed by atoms with Gasteiger partial charge in [-0.2, -0.15) is 0 Å². The van der Waals surface area contributed by atoms with Crippen LogP contribution in [-0.4, -0.2) is 12.3 Å². The van der Waals surface area contributed by atoms with Crippen LogP contribution in [0.1, 0.15) is 39.5 Å². The van der Waals surface area contributed by atoms with Gasteiger partial charge in [-0.25, -0.2) is 0 Å². The lowest BCUT2D eigenvalue weighted by Crippen LogP contribution is -2.32. The first kappa shape index (κ1) is 28.6. The lowest BCUT2D eigenvalue weighted by atomic mass is 9.66. The monoisotopic (exact) mass is 643 g/mol. The van der Waals surface area contributed by atoms with Gasteiger partial charge in [0.1, 0.15) is 17.7 Å². The third-order valence-electron chi connectivity index (χ3n) is 10.4. The second-order valence-corrected chi connectivity index (χ2v) is 13.1. The Hall–Kier alpha value is -6.39. The summed E-state index contributed by atoms with van der Waals surface area (Å²) < 4.78 is 6.84. The molecule has 0 radical (unpaired) electrons. The Morgan fingerprint density at radius 1 is 0.580 bits per heavy atom. The second kappa shape index (κ2) is 11.4. The molecule has 10 rings (SSSR count). The molecule has 238 valence electrons. The summed E-state index contributed by atoms with van der Waals surface area (Å²) in [6.45, 7) is 0.780. The molecule has 6 aromatic rings. The molecule has 1 unspecified atom stereocenters. The van der Waals surface area contributed by atoms with Crippen molar-refractivity contribution < 1.29 is 4.74 Å². The highest BCUT2D eigenvalue weighted by Crippen LogP contribution is 2.62. The lowest BCUT2D eigenvalue weighted by molar-refractivity contribution is 0.436. The Morgan fingerprint density at radius 3 is 1.96 bits per heavy atom. The Labute approximate surface area is 291 Å². The summed E-state index contributed by atoms with van der Waals surface area (Å²) in [5.41, 5.74) is 14.4. The maximum absolute atomic E-state index is 6.84. The minimum Gasteiger partial charge on any atom is -0.457 e. The van der Waals surface area contributed by atoms with E-state index >= 15 is 0 Å². The smallest absolute Gasteiger partial charge is 0.145 e. The van der Waals surface area contributed by atoms with E-state index in [0.29, 0.717) is 0 Å². The van der Waals surface area contributed by atoms with Gasteiger partial charge >= 0.3 is 0 Å². The molecule has 0 saturated heterocycles. The van der Waals surface area contributed by atoms with E-state index in [1.165, 1.54) is 27.8 Å². The molecule has 4 nitrogen and oxygen atoms in total. The number of hydrogen-bond donors (Lipinski definition) is 2. The first-order chi connectivity index (χ1) is 24.8. The third-order valence-corrected chi connectivity index (χ3v) is 10.4. The van der Waals surface area contributed by atoms with Crippen LogP contribution in [0.15, 0.2) is 181 Å². The first-order valence-electron chi connectivity index (χ1n) is 17.2. The van der Waals surface area contributed by atoms with Gasteiger partial charge in [-0.1, -0.05) is 146 Å². The minimum atomic E-state index is -0.480. The zero-order chi connectivity index (χ0) is 33.1. The summed E-state index contributed by atoms with van der Waals surface area (Å²) in [6, 6.07) is 52.1. The van der Waals surface area contributed by atoms with Crippen molar-refractivity contribution >= 4 is 11.4 Å². The largest absolute Gasteiger partial charge is 0.457 e. The van der Waals surface area contributed by atoms with Gasteiger partial charge in [0.05, 0.1) is 16.8 Å². The molecule has 0 fully saturated rings.